The van der Waals surface area contributed by atoms with E-state index in [4.69, 9.17) is 5.11 Å². The molecule has 0 saturated heterocycles. The lowest BCUT2D eigenvalue weighted by Gasteiger charge is -2.04. The predicted octanol–water partition coefficient (Wildman–Crippen LogP) is -0.491. The van der Waals surface area contributed by atoms with Gasteiger partial charge in [0, 0.05) is 0 Å². The largest absolute Gasteiger partial charge is 0.481 e. The maximum absolute atomic E-state index is 10.2. The first-order valence-corrected chi connectivity index (χ1v) is 3.07. The highest BCUT2D eigenvalue weighted by Gasteiger charge is 2.10. The first-order valence-electron chi connectivity index (χ1n) is 3.07. The molecule has 59 valence electrons. The molecule has 1 radical (unpaired) electrons. The highest BCUT2D eigenvalue weighted by Crippen LogP contribution is 2.05. The van der Waals surface area contributed by atoms with Crippen molar-refractivity contribution in [3.8, 4) is 0 Å². The van der Waals surface area contributed by atoms with Crippen molar-refractivity contribution in [1.29, 1.82) is 0 Å². The minimum Gasteiger partial charge on any atom is -0.481 e. The van der Waals surface area contributed by atoms with E-state index in [9.17, 15) is 4.79 Å². The average Bonchev–Trinajstić information content (AvgIpc) is 2.35. The SMILES string of the molecule is CC(CC(=O)O)n1[c]nnn1. The minimum absolute atomic E-state index is 0.00153. The Hall–Kier alpha value is -1.46. The Labute approximate surface area is 62.8 Å². The molecule has 0 aromatic carbocycles. The van der Waals surface area contributed by atoms with Gasteiger partial charge in [0.15, 0.2) is 0 Å². The van der Waals surface area contributed by atoms with Crippen LogP contribution in [0.25, 0.3) is 0 Å². The fraction of sp³-hybridized carbons (Fsp3) is 0.600. The summed E-state index contributed by atoms with van der Waals surface area (Å²) < 4.78 is 1.29. The van der Waals surface area contributed by atoms with Crippen molar-refractivity contribution in [3.05, 3.63) is 6.33 Å². The summed E-state index contributed by atoms with van der Waals surface area (Å²) in [7, 11) is 0. The molecule has 0 saturated carbocycles. The predicted molar refractivity (Wildman–Crippen MR) is 33.6 cm³/mol. The molecule has 1 N–H and O–H groups in total. The summed E-state index contributed by atoms with van der Waals surface area (Å²) in [6.45, 7) is 1.71. The van der Waals surface area contributed by atoms with E-state index < -0.39 is 5.97 Å². The van der Waals surface area contributed by atoms with Gasteiger partial charge >= 0.3 is 5.97 Å². The number of aromatic nitrogens is 4. The van der Waals surface area contributed by atoms with E-state index in [1.54, 1.807) is 6.92 Å². The van der Waals surface area contributed by atoms with E-state index >= 15 is 0 Å². The van der Waals surface area contributed by atoms with Crippen LogP contribution in [-0.4, -0.2) is 31.3 Å². The third-order valence-corrected chi connectivity index (χ3v) is 1.22. The molecule has 1 unspecified atom stereocenters. The van der Waals surface area contributed by atoms with Crippen molar-refractivity contribution in [2.45, 2.75) is 19.4 Å². The molecule has 1 aromatic rings. The second-order valence-electron chi connectivity index (χ2n) is 2.17. The topological polar surface area (TPSA) is 80.9 Å². The summed E-state index contributed by atoms with van der Waals surface area (Å²) >= 11 is 0. The van der Waals surface area contributed by atoms with E-state index in [1.807, 2.05) is 0 Å². The molecular weight excluding hydrogens is 148 g/mol. The number of carbonyl (C=O) groups is 1. The zero-order valence-electron chi connectivity index (χ0n) is 5.93. The van der Waals surface area contributed by atoms with Crippen LogP contribution < -0.4 is 0 Å². The number of rotatable bonds is 3. The highest BCUT2D eigenvalue weighted by molar-refractivity contribution is 5.67. The molecule has 0 aliphatic rings. The van der Waals surface area contributed by atoms with Crippen LogP contribution in [0.4, 0.5) is 0 Å². The number of hydrogen-bond acceptors (Lipinski definition) is 4. The first kappa shape index (κ1) is 7.64. The first-order chi connectivity index (χ1) is 5.20. The summed E-state index contributed by atoms with van der Waals surface area (Å²) in [4.78, 5) is 10.2. The molecule has 0 amide bonds. The summed E-state index contributed by atoms with van der Waals surface area (Å²) in [6, 6.07) is -0.248. The van der Waals surface area contributed by atoms with Crippen molar-refractivity contribution in [2.24, 2.45) is 0 Å². The Balaban J connectivity index is 2.56. The molecule has 1 aromatic heterocycles. The minimum atomic E-state index is -0.874. The standard InChI is InChI=1S/C5H7N4O2/c1-4(2-5(10)11)9-3-6-7-8-9/h4H,2H2,1H3,(H,10,11). The normalized spacial score (nSPS) is 12.8. The van der Waals surface area contributed by atoms with Crippen LogP contribution in [0.2, 0.25) is 0 Å². The molecule has 6 heteroatoms. The van der Waals surface area contributed by atoms with Gasteiger partial charge in [-0.25, -0.2) is 4.68 Å². The molecule has 0 aliphatic heterocycles. The van der Waals surface area contributed by atoms with Crippen LogP contribution >= 0.6 is 0 Å². The molecule has 1 heterocycles. The van der Waals surface area contributed by atoms with Crippen LogP contribution in [0.15, 0.2) is 0 Å². The average molecular weight is 155 g/mol. The summed E-state index contributed by atoms with van der Waals surface area (Å²) in [5.41, 5.74) is 0. The van der Waals surface area contributed by atoms with Gasteiger partial charge in [0.05, 0.1) is 12.5 Å². The third kappa shape index (κ3) is 1.99. The molecular formula is C5H7N4O2. The number of carboxylic acid groups (broad SMARTS) is 1. The lowest BCUT2D eigenvalue weighted by molar-refractivity contribution is -0.137. The maximum Gasteiger partial charge on any atom is 0.305 e. The maximum atomic E-state index is 10.2. The quantitative estimate of drug-likeness (QED) is 0.636. The monoisotopic (exact) mass is 155 g/mol. The Morgan fingerprint density at radius 2 is 2.55 bits per heavy atom. The van der Waals surface area contributed by atoms with Crippen LogP contribution in [-0.2, 0) is 4.79 Å². The summed E-state index contributed by atoms with van der Waals surface area (Å²) in [6.07, 6.45) is 2.42. The molecule has 1 atom stereocenters. The van der Waals surface area contributed by atoms with Crippen molar-refractivity contribution in [1.82, 2.24) is 20.2 Å². The number of nitrogens with zero attached hydrogens (tertiary/aromatic N) is 4. The lowest BCUT2D eigenvalue weighted by atomic mass is 10.2. The van der Waals surface area contributed by atoms with Crippen LogP contribution in [0.3, 0.4) is 0 Å². The Kier molecular flexibility index (Phi) is 2.15. The molecule has 0 fully saturated rings. The van der Waals surface area contributed by atoms with Gasteiger partial charge in [0.25, 0.3) is 0 Å². The van der Waals surface area contributed by atoms with Gasteiger partial charge in [-0.2, -0.15) is 0 Å². The number of carboxylic acids is 1. The summed E-state index contributed by atoms with van der Waals surface area (Å²) in [5, 5.41) is 18.5. The van der Waals surface area contributed by atoms with Crippen LogP contribution in [0.5, 0.6) is 0 Å². The zero-order chi connectivity index (χ0) is 8.27. The van der Waals surface area contributed by atoms with Gasteiger partial charge in [-0.3, -0.25) is 4.79 Å². The van der Waals surface area contributed by atoms with Gasteiger partial charge in [-0.15, -0.1) is 5.10 Å². The molecule has 0 bridgehead atoms. The number of hydrogen-bond donors (Lipinski definition) is 1. The smallest absolute Gasteiger partial charge is 0.305 e. The van der Waals surface area contributed by atoms with Crippen molar-refractivity contribution < 1.29 is 9.90 Å². The zero-order valence-corrected chi connectivity index (χ0v) is 5.93. The van der Waals surface area contributed by atoms with Crippen molar-refractivity contribution in [2.75, 3.05) is 0 Å². The molecule has 0 aliphatic carbocycles. The van der Waals surface area contributed by atoms with Crippen molar-refractivity contribution >= 4 is 5.97 Å². The second kappa shape index (κ2) is 3.09. The van der Waals surface area contributed by atoms with E-state index in [0.717, 1.165) is 0 Å². The fourth-order valence-electron chi connectivity index (χ4n) is 0.675. The summed E-state index contributed by atoms with van der Waals surface area (Å²) in [5.74, 6) is -0.874. The van der Waals surface area contributed by atoms with Crippen LogP contribution in [0, 0.1) is 6.33 Å². The van der Waals surface area contributed by atoms with Gasteiger partial charge < -0.3 is 5.11 Å². The Morgan fingerprint density at radius 3 is 3.00 bits per heavy atom. The van der Waals surface area contributed by atoms with Gasteiger partial charge in [-0.1, -0.05) is 0 Å². The van der Waals surface area contributed by atoms with E-state index in [0.29, 0.717) is 0 Å². The number of aliphatic carboxylic acids is 1. The van der Waals surface area contributed by atoms with E-state index in [2.05, 4.69) is 21.9 Å². The molecule has 6 nitrogen and oxygen atoms in total. The molecule has 0 spiro atoms. The Bertz CT molecular complexity index is 233. The van der Waals surface area contributed by atoms with Crippen LogP contribution in [0.1, 0.15) is 19.4 Å². The Morgan fingerprint density at radius 1 is 1.82 bits per heavy atom. The van der Waals surface area contributed by atoms with Gasteiger partial charge in [0.2, 0.25) is 6.33 Å². The van der Waals surface area contributed by atoms with Gasteiger partial charge in [-0.05, 0) is 17.4 Å². The lowest BCUT2D eigenvalue weighted by Crippen LogP contribution is -2.11. The van der Waals surface area contributed by atoms with Gasteiger partial charge in [0.1, 0.15) is 0 Å². The fourth-order valence-corrected chi connectivity index (χ4v) is 0.675. The highest BCUT2D eigenvalue weighted by atomic mass is 16.4. The van der Waals surface area contributed by atoms with E-state index in [1.165, 1.54) is 4.68 Å². The van der Waals surface area contributed by atoms with E-state index in [-0.39, 0.29) is 12.5 Å². The number of tetrazole rings is 1. The molecule has 11 heavy (non-hydrogen) atoms. The third-order valence-electron chi connectivity index (χ3n) is 1.22. The molecule has 1 rings (SSSR count). The second-order valence-corrected chi connectivity index (χ2v) is 2.17. The van der Waals surface area contributed by atoms with Crippen molar-refractivity contribution in [3.63, 3.8) is 0 Å².